The van der Waals surface area contributed by atoms with E-state index in [1.807, 2.05) is 32.0 Å². The molecule has 2 rings (SSSR count). The van der Waals surface area contributed by atoms with Crippen LogP contribution in [0.25, 0.3) is 0 Å². The molecule has 2 aromatic rings. The lowest BCUT2D eigenvalue weighted by Crippen LogP contribution is -2.23. The van der Waals surface area contributed by atoms with Crippen LogP contribution in [-0.4, -0.2) is 20.8 Å². The van der Waals surface area contributed by atoms with Crippen LogP contribution in [0.15, 0.2) is 28.9 Å². The Morgan fingerprint density at radius 3 is 2.52 bits per heavy atom. The summed E-state index contributed by atoms with van der Waals surface area (Å²) in [6, 6.07) is 5.60. The van der Waals surface area contributed by atoms with Crippen molar-refractivity contribution < 1.29 is 13.9 Å². The van der Waals surface area contributed by atoms with E-state index < -0.39 is 0 Å². The second-order valence-corrected chi connectivity index (χ2v) is 5.04. The second-order valence-electron chi connectivity index (χ2n) is 4.66. The van der Waals surface area contributed by atoms with Crippen molar-refractivity contribution in [1.82, 2.24) is 5.32 Å². The minimum absolute atomic E-state index is 0.122. The van der Waals surface area contributed by atoms with E-state index >= 15 is 0 Å². The Kier molecular flexibility index (Phi) is 5.15. The van der Waals surface area contributed by atoms with Gasteiger partial charge in [-0.15, -0.1) is 0 Å². The molecule has 0 spiro atoms. The normalized spacial score (nSPS) is 12.2. The van der Waals surface area contributed by atoms with E-state index in [1.165, 1.54) is 0 Å². The zero-order chi connectivity index (χ0) is 15.4. The Bertz CT molecular complexity index is 610. The van der Waals surface area contributed by atoms with Crippen LogP contribution >= 0.6 is 11.6 Å². The number of ether oxygens (including phenoxy) is 2. The average Bonchev–Trinajstić information content (AvgIpc) is 2.90. The van der Waals surface area contributed by atoms with E-state index in [0.29, 0.717) is 16.5 Å². The van der Waals surface area contributed by atoms with Crippen molar-refractivity contribution >= 4 is 11.6 Å². The molecule has 0 aliphatic rings. The fourth-order valence-corrected chi connectivity index (χ4v) is 2.70. The van der Waals surface area contributed by atoms with Crippen molar-refractivity contribution in [2.75, 3.05) is 20.8 Å². The van der Waals surface area contributed by atoms with Crippen LogP contribution < -0.4 is 14.8 Å². The second kappa shape index (κ2) is 6.87. The van der Waals surface area contributed by atoms with Crippen molar-refractivity contribution in [2.24, 2.45) is 0 Å². The van der Waals surface area contributed by atoms with Gasteiger partial charge in [0.2, 0.25) is 0 Å². The molecule has 5 heteroatoms. The molecular formula is C16H20ClNO3. The number of hydrogen-bond donors (Lipinski definition) is 1. The third-order valence-corrected chi connectivity index (χ3v) is 3.76. The van der Waals surface area contributed by atoms with Crippen molar-refractivity contribution in [2.45, 2.75) is 19.9 Å². The zero-order valence-electron chi connectivity index (χ0n) is 12.7. The molecule has 0 saturated carbocycles. The molecule has 4 nitrogen and oxygen atoms in total. The number of rotatable bonds is 6. The van der Waals surface area contributed by atoms with Gasteiger partial charge >= 0.3 is 0 Å². The van der Waals surface area contributed by atoms with Gasteiger partial charge in [-0.2, -0.15) is 0 Å². The van der Waals surface area contributed by atoms with Gasteiger partial charge in [-0.25, -0.2) is 0 Å². The largest absolute Gasteiger partial charge is 0.495 e. The minimum Gasteiger partial charge on any atom is -0.495 e. The predicted molar refractivity (Wildman–Crippen MR) is 83.5 cm³/mol. The number of methoxy groups -OCH3 is 2. The van der Waals surface area contributed by atoms with Crippen molar-refractivity contribution in [1.29, 1.82) is 0 Å². The third kappa shape index (κ3) is 3.01. The summed E-state index contributed by atoms with van der Waals surface area (Å²) in [5, 5.41) is 3.87. The number of halogens is 1. The van der Waals surface area contributed by atoms with Gasteiger partial charge in [0.15, 0.2) is 0 Å². The van der Waals surface area contributed by atoms with Crippen molar-refractivity contribution in [3.05, 3.63) is 46.4 Å². The van der Waals surface area contributed by atoms with Gasteiger partial charge in [0.1, 0.15) is 22.3 Å². The first-order chi connectivity index (χ1) is 10.1. The molecule has 0 radical (unpaired) electrons. The first-order valence-electron chi connectivity index (χ1n) is 6.81. The third-order valence-electron chi connectivity index (χ3n) is 3.40. The van der Waals surface area contributed by atoms with Gasteiger partial charge in [-0.1, -0.05) is 18.5 Å². The fraction of sp³-hybridized carbons (Fsp3) is 0.375. The van der Waals surface area contributed by atoms with Crippen LogP contribution in [0.1, 0.15) is 29.9 Å². The van der Waals surface area contributed by atoms with Gasteiger partial charge in [0.25, 0.3) is 0 Å². The Balaban J connectivity index is 2.55. The highest BCUT2D eigenvalue weighted by Crippen LogP contribution is 2.41. The smallest absolute Gasteiger partial charge is 0.146 e. The fourth-order valence-electron chi connectivity index (χ4n) is 2.37. The van der Waals surface area contributed by atoms with Crippen LogP contribution in [0.2, 0.25) is 5.02 Å². The van der Waals surface area contributed by atoms with E-state index in [0.717, 1.165) is 23.4 Å². The maximum Gasteiger partial charge on any atom is 0.146 e. The molecule has 1 aromatic carbocycles. The molecule has 1 unspecified atom stereocenters. The van der Waals surface area contributed by atoms with Crippen LogP contribution in [0.5, 0.6) is 11.5 Å². The van der Waals surface area contributed by atoms with E-state index in [1.54, 1.807) is 20.5 Å². The average molecular weight is 310 g/mol. The molecule has 114 valence electrons. The Hall–Kier alpha value is -1.65. The van der Waals surface area contributed by atoms with Gasteiger partial charge in [0, 0.05) is 5.56 Å². The molecule has 0 fully saturated rings. The summed E-state index contributed by atoms with van der Waals surface area (Å²) in [5.41, 5.74) is 2.00. The molecule has 1 heterocycles. The number of benzene rings is 1. The summed E-state index contributed by atoms with van der Waals surface area (Å²) >= 11 is 6.35. The minimum atomic E-state index is -0.122. The molecule has 21 heavy (non-hydrogen) atoms. The summed E-state index contributed by atoms with van der Waals surface area (Å²) in [5.74, 6) is 2.04. The highest BCUT2D eigenvalue weighted by atomic mass is 35.5. The first kappa shape index (κ1) is 15.7. The molecular weight excluding hydrogens is 290 g/mol. The number of nitrogens with one attached hydrogen (secondary N) is 1. The maximum absolute atomic E-state index is 6.35. The SMILES string of the molecule is CCNC(c1ccc(OC)c(Cl)c1OC)c1occc1C. The Morgan fingerprint density at radius 1 is 1.24 bits per heavy atom. The molecule has 1 N–H and O–H groups in total. The summed E-state index contributed by atoms with van der Waals surface area (Å²) in [6.45, 7) is 4.85. The molecule has 0 amide bonds. The van der Waals surface area contributed by atoms with Crippen molar-refractivity contribution in [3.8, 4) is 11.5 Å². The lowest BCUT2D eigenvalue weighted by Gasteiger charge is -2.21. The highest BCUT2D eigenvalue weighted by molar-refractivity contribution is 6.33. The first-order valence-corrected chi connectivity index (χ1v) is 7.19. The van der Waals surface area contributed by atoms with E-state index in [2.05, 4.69) is 5.32 Å². The van der Waals surface area contributed by atoms with E-state index in [9.17, 15) is 0 Å². The Labute approximate surface area is 130 Å². The van der Waals surface area contributed by atoms with E-state index in [-0.39, 0.29) is 6.04 Å². The molecule has 0 aliphatic heterocycles. The predicted octanol–water partition coefficient (Wildman–Crippen LogP) is 3.96. The number of furan rings is 1. The topological polar surface area (TPSA) is 43.6 Å². The van der Waals surface area contributed by atoms with Crippen LogP contribution in [0, 0.1) is 6.92 Å². The zero-order valence-corrected chi connectivity index (χ0v) is 13.5. The van der Waals surface area contributed by atoms with Gasteiger partial charge in [0.05, 0.1) is 26.5 Å². The lowest BCUT2D eigenvalue weighted by atomic mass is 10.0. The van der Waals surface area contributed by atoms with Crippen molar-refractivity contribution in [3.63, 3.8) is 0 Å². The molecule has 0 aliphatic carbocycles. The summed E-state index contributed by atoms with van der Waals surface area (Å²) < 4.78 is 16.4. The van der Waals surface area contributed by atoms with Crippen LogP contribution in [0.4, 0.5) is 0 Å². The molecule has 1 aromatic heterocycles. The lowest BCUT2D eigenvalue weighted by molar-refractivity contribution is 0.381. The highest BCUT2D eigenvalue weighted by Gasteiger charge is 2.24. The van der Waals surface area contributed by atoms with Gasteiger partial charge < -0.3 is 19.2 Å². The standard InChI is InChI=1S/C16H20ClNO3/c1-5-18-14(15-10(2)8-9-21-15)11-6-7-12(19-3)13(17)16(11)20-4/h6-9,14,18H,5H2,1-4H3. The molecule has 0 saturated heterocycles. The quantitative estimate of drug-likeness (QED) is 0.877. The summed E-state index contributed by atoms with van der Waals surface area (Å²) in [7, 11) is 3.18. The number of aryl methyl sites for hydroxylation is 1. The monoisotopic (exact) mass is 309 g/mol. The summed E-state index contributed by atoms with van der Waals surface area (Å²) in [6.07, 6.45) is 1.69. The maximum atomic E-state index is 6.35. The number of hydrogen-bond acceptors (Lipinski definition) is 4. The van der Waals surface area contributed by atoms with Crippen LogP contribution in [-0.2, 0) is 0 Å². The van der Waals surface area contributed by atoms with Gasteiger partial charge in [-0.3, -0.25) is 0 Å². The van der Waals surface area contributed by atoms with E-state index in [4.69, 9.17) is 25.5 Å². The van der Waals surface area contributed by atoms with Crippen LogP contribution in [0.3, 0.4) is 0 Å². The molecule has 1 atom stereocenters. The molecule has 0 bridgehead atoms. The summed E-state index contributed by atoms with van der Waals surface area (Å²) in [4.78, 5) is 0. The van der Waals surface area contributed by atoms with Gasteiger partial charge in [-0.05, 0) is 37.2 Å². The Morgan fingerprint density at radius 2 is 2.00 bits per heavy atom.